The molecular weight excluding hydrogens is 330 g/mol. The molecule has 1 aromatic carbocycles. The summed E-state index contributed by atoms with van der Waals surface area (Å²) in [4.78, 5) is 23.5. The summed E-state index contributed by atoms with van der Waals surface area (Å²) in [5.74, 6) is 0.0955. The van der Waals surface area contributed by atoms with E-state index < -0.39 is 0 Å². The van der Waals surface area contributed by atoms with Crippen LogP contribution in [-0.2, 0) is 0 Å². The molecule has 0 aliphatic carbocycles. The Kier molecular flexibility index (Phi) is 4.48. The first kappa shape index (κ1) is 14.4. The van der Waals surface area contributed by atoms with Crippen molar-refractivity contribution in [2.24, 2.45) is 0 Å². The van der Waals surface area contributed by atoms with Crippen LogP contribution < -0.4 is 0 Å². The molecule has 1 unspecified atom stereocenters. The molecule has 2 aromatic rings. The van der Waals surface area contributed by atoms with E-state index in [1.165, 1.54) is 0 Å². The Morgan fingerprint density at radius 2 is 2.19 bits per heavy atom. The molecule has 110 valence electrons. The van der Waals surface area contributed by atoms with Gasteiger partial charge in [0.15, 0.2) is 0 Å². The molecule has 0 N–H and O–H groups in total. The summed E-state index contributed by atoms with van der Waals surface area (Å²) in [6.45, 7) is 0.850. The number of alkyl halides is 1. The molecule has 21 heavy (non-hydrogen) atoms. The van der Waals surface area contributed by atoms with Gasteiger partial charge in [0.05, 0.1) is 11.1 Å². The molecule has 3 rings (SSSR count). The van der Waals surface area contributed by atoms with Gasteiger partial charge in [0.2, 0.25) is 0 Å². The molecule has 0 saturated carbocycles. The Labute approximate surface area is 132 Å². The third kappa shape index (κ3) is 2.93. The highest BCUT2D eigenvalue weighted by Gasteiger charge is 2.29. The predicted molar refractivity (Wildman–Crippen MR) is 86.6 cm³/mol. The summed E-state index contributed by atoms with van der Waals surface area (Å²) in [5, 5.41) is 0.991. The van der Waals surface area contributed by atoms with Crippen molar-refractivity contribution in [2.75, 3.05) is 11.9 Å². The van der Waals surface area contributed by atoms with Crippen LogP contribution in [0.1, 0.15) is 36.0 Å². The van der Waals surface area contributed by atoms with Gasteiger partial charge in [-0.15, -0.1) is 0 Å². The molecule has 0 spiro atoms. The van der Waals surface area contributed by atoms with Gasteiger partial charge < -0.3 is 4.90 Å². The van der Waals surface area contributed by atoms with Crippen molar-refractivity contribution in [3.8, 4) is 0 Å². The summed E-state index contributed by atoms with van der Waals surface area (Å²) in [6.07, 6.45) is 7.66. The quantitative estimate of drug-likeness (QED) is 0.796. The summed E-state index contributed by atoms with van der Waals surface area (Å²) >= 11 is 3.47. The zero-order chi connectivity index (χ0) is 14.7. The van der Waals surface area contributed by atoms with Crippen molar-refractivity contribution >= 4 is 32.9 Å². The van der Waals surface area contributed by atoms with Gasteiger partial charge in [0.25, 0.3) is 5.91 Å². The van der Waals surface area contributed by atoms with Crippen LogP contribution in [0.15, 0.2) is 30.6 Å². The van der Waals surface area contributed by atoms with Crippen molar-refractivity contribution in [1.29, 1.82) is 0 Å². The molecule has 0 bridgehead atoms. The van der Waals surface area contributed by atoms with Crippen LogP contribution in [-0.4, -0.2) is 38.7 Å². The summed E-state index contributed by atoms with van der Waals surface area (Å²) < 4.78 is 0. The van der Waals surface area contributed by atoms with Crippen LogP contribution in [0, 0.1) is 0 Å². The average Bonchev–Trinajstić information content (AvgIpc) is 3.00. The van der Waals surface area contributed by atoms with Crippen molar-refractivity contribution in [3.63, 3.8) is 0 Å². The number of fused-ring (bicyclic) bond motifs is 1. The van der Waals surface area contributed by atoms with E-state index in [0.717, 1.165) is 43.1 Å². The minimum Gasteiger partial charge on any atom is -0.336 e. The molecule has 2 heterocycles. The topological polar surface area (TPSA) is 46.1 Å². The molecule has 1 aliphatic rings. The molecular formula is C16H18BrN3O. The second kappa shape index (κ2) is 6.52. The van der Waals surface area contributed by atoms with E-state index in [4.69, 9.17) is 0 Å². The van der Waals surface area contributed by atoms with Crippen LogP contribution >= 0.6 is 15.9 Å². The standard InChI is InChI=1S/C16H18BrN3O/c17-8-2-4-12-5-3-11-20(12)16(21)13-6-1-7-14-15(13)19-10-9-18-14/h1,6-7,9-10,12H,2-5,8,11H2. The number of carbonyl (C=O) groups excluding carboxylic acids is 1. The largest absolute Gasteiger partial charge is 0.336 e. The van der Waals surface area contributed by atoms with Gasteiger partial charge in [-0.05, 0) is 37.8 Å². The molecule has 1 aliphatic heterocycles. The first-order chi connectivity index (χ1) is 10.3. The van der Waals surface area contributed by atoms with Crippen LogP contribution in [0.2, 0.25) is 0 Å². The Morgan fingerprint density at radius 3 is 3.05 bits per heavy atom. The Hall–Kier alpha value is -1.49. The lowest BCUT2D eigenvalue weighted by atomic mass is 10.1. The molecule has 1 aromatic heterocycles. The summed E-state index contributed by atoms with van der Waals surface area (Å²) in [7, 11) is 0. The fourth-order valence-electron chi connectivity index (χ4n) is 3.04. The second-order valence-corrected chi connectivity index (χ2v) is 6.15. The van der Waals surface area contributed by atoms with E-state index >= 15 is 0 Å². The third-order valence-corrected chi connectivity index (χ3v) is 4.60. The number of hydrogen-bond donors (Lipinski definition) is 0. The lowest BCUT2D eigenvalue weighted by Gasteiger charge is -2.25. The lowest BCUT2D eigenvalue weighted by Crippen LogP contribution is -2.35. The summed E-state index contributed by atoms with van der Waals surface area (Å²) in [6, 6.07) is 6.00. The smallest absolute Gasteiger partial charge is 0.256 e. The van der Waals surface area contributed by atoms with Gasteiger partial charge in [-0.3, -0.25) is 14.8 Å². The van der Waals surface area contributed by atoms with E-state index in [1.807, 2.05) is 23.1 Å². The highest BCUT2D eigenvalue weighted by Crippen LogP contribution is 2.25. The highest BCUT2D eigenvalue weighted by molar-refractivity contribution is 9.09. The van der Waals surface area contributed by atoms with Gasteiger partial charge >= 0.3 is 0 Å². The number of rotatable bonds is 4. The first-order valence-corrected chi connectivity index (χ1v) is 8.50. The molecule has 1 saturated heterocycles. The lowest BCUT2D eigenvalue weighted by molar-refractivity contribution is 0.0732. The van der Waals surface area contributed by atoms with Gasteiger partial charge in [-0.25, -0.2) is 0 Å². The number of aromatic nitrogens is 2. The zero-order valence-electron chi connectivity index (χ0n) is 11.8. The molecule has 1 amide bonds. The SMILES string of the molecule is O=C(c1cccc2nccnc12)N1CCCC1CCCBr. The minimum atomic E-state index is 0.0955. The monoisotopic (exact) mass is 347 g/mol. The third-order valence-electron chi connectivity index (χ3n) is 4.04. The fourth-order valence-corrected chi connectivity index (χ4v) is 3.36. The molecule has 4 nitrogen and oxygen atoms in total. The summed E-state index contributed by atoms with van der Waals surface area (Å²) in [5.41, 5.74) is 2.15. The normalized spacial score (nSPS) is 18.3. The van der Waals surface area contributed by atoms with Crippen molar-refractivity contribution < 1.29 is 4.79 Å². The second-order valence-electron chi connectivity index (χ2n) is 5.36. The maximum absolute atomic E-state index is 12.9. The van der Waals surface area contributed by atoms with E-state index in [2.05, 4.69) is 25.9 Å². The van der Waals surface area contributed by atoms with Crippen LogP contribution in [0.3, 0.4) is 0 Å². The molecule has 5 heteroatoms. The number of halogens is 1. The van der Waals surface area contributed by atoms with Gasteiger partial charge in [0.1, 0.15) is 5.52 Å². The Morgan fingerprint density at radius 1 is 1.33 bits per heavy atom. The van der Waals surface area contributed by atoms with E-state index in [1.54, 1.807) is 12.4 Å². The number of benzene rings is 1. The minimum absolute atomic E-state index is 0.0955. The number of hydrogen-bond acceptors (Lipinski definition) is 3. The Balaban J connectivity index is 1.89. The van der Waals surface area contributed by atoms with E-state index in [9.17, 15) is 4.79 Å². The number of para-hydroxylation sites is 1. The van der Waals surface area contributed by atoms with Gasteiger partial charge in [-0.2, -0.15) is 0 Å². The number of likely N-dealkylation sites (tertiary alicyclic amines) is 1. The van der Waals surface area contributed by atoms with Crippen molar-refractivity contribution in [3.05, 3.63) is 36.2 Å². The van der Waals surface area contributed by atoms with Crippen molar-refractivity contribution in [2.45, 2.75) is 31.7 Å². The zero-order valence-corrected chi connectivity index (χ0v) is 13.4. The maximum atomic E-state index is 12.9. The van der Waals surface area contributed by atoms with Crippen LogP contribution in [0.25, 0.3) is 11.0 Å². The highest BCUT2D eigenvalue weighted by atomic mass is 79.9. The van der Waals surface area contributed by atoms with Crippen LogP contribution in [0.4, 0.5) is 0 Å². The number of amides is 1. The fraction of sp³-hybridized carbons (Fsp3) is 0.438. The predicted octanol–water partition coefficient (Wildman–Crippen LogP) is 3.41. The maximum Gasteiger partial charge on any atom is 0.256 e. The molecule has 1 atom stereocenters. The van der Waals surface area contributed by atoms with Crippen LogP contribution in [0.5, 0.6) is 0 Å². The Bertz CT molecular complexity index is 641. The van der Waals surface area contributed by atoms with E-state index in [-0.39, 0.29) is 5.91 Å². The van der Waals surface area contributed by atoms with E-state index in [0.29, 0.717) is 17.1 Å². The molecule has 1 fully saturated rings. The number of nitrogens with zero attached hydrogens (tertiary/aromatic N) is 3. The van der Waals surface area contributed by atoms with Crippen molar-refractivity contribution in [1.82, 2.24) is 14.9 Å². The number of carbonyl (C=O) groups is 1. The van der Waals surface area contributed by atoms with Gasteiger partial charge in [0, 0.05) is 30.3 Å². The average molecular weight is 348 g/mol. The molecule has 0 radical (unpaired) electrons. The van der Waals surface area contributed by atoms with Gasteiger partial charge in [-0.1, -0.05) is 22.0 Å². The first-order valence-electron chi connectivity index (χ1n) is 7.38.